The Bertz CT molecular complexity index is 1380. The van der Waals surface area contributed by atoms with Gasteiger partial charge in [0.15, 0.2) is 5.82 Å². The number of oxime groups is 1. The number of aryl methyl sites for hydroxylation is 1. The molecule has 4 rings (SSSR count). The van der Waals surface area contributed by atoms with E-state index in [-0.39, 0.29) is 30.0 Å². The van der Waals surface area contributed by atoms with Gasteiger partial charge in [0.25, 0.3) is 11.5 Å². The SMILES string of the molecule is Cc1cc(C2=NO[C@@](c3cc(Cl)c(F)c(Cl)c3)(C(F)(F)F)C2)ccc1C(=O)N[C@@H]1CON(S(C)(=O)=O)C1. The van der Waals surface area contributed by atoms with E-state index in [1.807, 2.05) is 0 Å². The summed E-state index contributed by atoms with van der Waals surface area (Å²) in [6.07, 6.45) is -4.73. The van der Waals surface area contributed by atoms with E-state index in [4.69, 9.17) is 32.9 Å². The number of halogens is 6. The summed E-state index contributed by atoms with van der Waals surface area (Å²) in [5.41, 5.74) is -2.59. The van der Waals surface area contributed by atoms with Gasteiger partial charge in [0, 0.05) is 17.5 Å². The number of nitrogens with one attached hydrogen (secondary N) is 1. The first-order valence-corrected chi connectivity index (χ1v) is 13.2. The molecule has 1 fully saturated rings. The monoisotopic (exact) mass is 583 g/mol. The molecule has 2 heterocycles. The third-order valence-corrected chi connectivity index (χ3v) is 7.48. The highest BCUT2D eigenvalue weighted by Crippen LogP contribution is 2.50. The molecule has 0 spiro atoms. The van der Waals surface area contributed by atoms with Gasteiger partial charge in [0.1, 0.15) is 0 Å². The van der Waals surface area contributed by atoms with Crippen molar-refractivity contribution in [2.75, 3.05) is 19.4 Å². The van der Waals surface area contributed by atoms with Gasteiger partial charge in [0.05, 0.1) is 41.2 Å². The van der Waals surface area contributed by atoms with Gasteiger partial charge in [-0.2, -0.15) is 13.2 Å². The van der Waals surface area contributed by atoms with Gasteiger partial charge < -0.3 is 10.2 Å². The van der Waals surface area contributed by atoms with E-state index in [0.29, 0.717) is 5.56 Å². The van der Waals surface area contributed by atoms with Crippen LogP contribution in [-0.4, -0.2) is 56.1 Å². The standard InChI is InChI=1S/C22H19Cl2F4N3O5S/c1-11-5-12(3-4-15(11)20(32)29-14-9-31(35-10-14)37(2,33)34)18-8-21(36-30-18,22(26,27)28)13-6-16(23)19(25)17(24)7-13/h3-7,14H,8-10H2,1-2H3,(H,29,32)/t14-,21-/m0/s1. The zero-order chi connectivity index (χ0) is 27.3. The Morgan fingerprint density at radius 1 is 1.22 bits per heavy atom. The molecule has 2 aliphatic rings. The van der Waals surface area contributed by atoms with Crippen molar-refractivity contribution < 1.29 is 40.4 Å². The average Bonchev–Trinajstić information content (AvgIpc) is 3.45. The molecular weight excluding hydrogens is 565 g/mol. The number of carbonyl (C=O) groups is 1. The summed E-state index contributed by atoms with van der Waals surface area (Å²) in [7, 11) is -3.58. The molecule has 0 aromatic heterocycles. The molecule has 0 radical (unpaired) electrons. The number of nitrogens with zero attached hydrogens (tertiary/aromatic N) is 2. The summed E-state index contributed by atoms with van der Waals surface area (Å²) < 4.78 is 80.4. The quantitative estimate of drug-likeness (QED) is 0.417. The van der Waals surface area contributed by atoms with Crippen molar-refractivity contribution in [3.63, 3.8) is 0 Å². The molecule has 0 unspecified atom stereocenters. The van der Waals surface area contributed by atoms with Crippen LogP contribution in [0.2, 0.25) is 10.0 Å². The van der Waals surface area contributed by atoms with Crippen molar-refractivity contribution in [3.8, 4) is 0 Å². The van der Waals surface area contributed by atoms with Crippen LogP contribution >= 0.6 is 23.2 Å². The minimum Gasteiger partial charge on any atom is -0.374 e. The molecule has 0 bridgehead atoms. The lowest BCUT2D eigenvalue weighted by Gasteiger charge is -2.29. The molecule has 0 saturated carbocycles. The molecule has 1 N–H and O–H groups in total. The van der Waals surface area contributed by atoms with Crippen molar-refractivity contribution in [3.05, 3.63) is 68.4 Å². The van der Waals surface area contributed by atoms with E-state index in [9.17, 15) is 30.8 Å². The van der Waals surface area contributed by atoms with Gasteiger partial charge >= 0.3 is 6.18 Å². The largest absolute Gasteiger partial charge is 0.435 e. The second kappa shape index (κ2) is 9.70. The van der Waals surface area contributed by atoms with Gasteiger partial charge in [-0.15, -0.1) is 0 Å². The predicted octanol–water partition coefficient (Wildman–Crippen LogP) is 4.33. The highest BCUT2D eigenvalue weighted by atomic mass is 35.5. The third kappa shape index (κ3) is 5.28. The number of sulfonamides is 1. The molecule has 200 valence electrons. The lowest BCUT2D eigenvalue weighted by Crippen LogP contribution is -2.42. The fourth-order valence-corrected chi connectivity index (χ4v) is 5.18. The van der Waals surface area contributed by atoms with E-state index >= 15 is 0 Å². The van der Waals surface area contributed by atoms with Crippen LogP contribution in [0.3, 0.4) is 0 Å². The van der Waals surface area contributed by atoms with Crippen LogP contribution in [0, 0.1) is 12.7 Å². The summed E-state index contributed by atoms with van der Waals surface area (Å²) in [5, 5.41) is 5.13. The topological polar surface area (TPSA) is 97.3 Å². The summed E-state index contributed by atoms with van der Waals surface area (Å²) in [6, 6.07) is 5.30. The summed E-state index contributed by atoms with van der Waals surface area (Å²) in [4.78, 5) is 22.7. The molecule has 15 heteroatoms. The first-order chi connectivity index (χ1) is 17.1. The number of alkyl halides is 3. The highest BCUT2D eigenvalue weighted by Gasteiger charge is 2.62. The fraction of sp³-hybridized carbons (Fsp3) is 0.364. The number of hydroxylamine groups is 1. The second-order valence-electron chi connectivity index (χ2n) is 8.63. The minimum atomic E-state index is -4.96. The Hall–Kier alpha value is -2.45. The number of benzene rings is 2. The van der Waals surface area contributed by atoms with Crippen LogP contribution in [0.15, 0.2) is 35.5 Å². The average molecular weight is 584 g/mol. The van der Waals surface area contributed by atoms with Crippen molar-refractivity contribution in [2.45, 2.75) is 31.2 Å². The summed E-state index contributed by atoms with van der Waals surface area (Å²) in [6.45, 7) is 1.48. The first-order valence-electron chi connectivity index (χ1n) is 10.6. The minimum absolute atomic E-state index is 0.0406. The molecule has 0 aliphatic carbocycles. The van der Waals surface area contributed by atoms with E-state index < -0.39 is 61.6 Å². The van der Waals surface area contributed by atoms with Crippen molar-refractivity contribution in [1.82, 2.24) is 9.79 Å². The first kappa shape index (κ1) is 27.6. The predicted molar refractivity (Wildman–Crippen MR) is 126 cm³/mol. The van der Waals surface area contributed by atoms with Crippen LogP contribution in [0.5, 0.6) is 0 Å². The maximum atomic E-state index is 14.2. The maximum Gasteiger partial charge on any atom is 0.435 e. The van der Waals surface area contributed by atoms with Crippen molar-refractivity contribution >= 4 is 44.8 Å². The van der Waals surface area contributed by atoms with E-state index in [0.717, 1.165) is 22.9 Å². The Labute approximate surface area is 219 Å². The van der Waals surface area contributed by atoms with Crippen LogP contribution in [0.4, 0.5) is 17.6 Å². The Kier molecular flexibility index (Phi) is 7.23. The van der Waals surface area contributed by atoms with Gasteiger partial charge in [0.2, 0.25) is 10.0 Å². The molecule has 2 aromatic rings. The van der Waals surface area contributed by atoms with Gasteiger partial charge in [-0.3, -0.25) is 9.63 Å². The fourth-order valence-electron chi connectivity index (χ4n) is 3.99. The van der Waals surface area contributed by atoms with Gasteiger partial charge in [-0.05, 0) is 42.3 Å². The van der Waals surface area contributed by atoms with Crippen LogP contribution in [0.1, 0.15) is 33.5 Å². The molecule has 1 amide bonds. The number of rotatable bonds is 5. The van der Waals surface area contributed by atoms with Gasteiger partial charge in [-0.25, -0.2) is 12.8 Å². The molecule has 2 aromatic carbocycles. The molecule has 2 aliphatic heterocycles. The molecule has 2 atom stereocenters. The van der Waals surface area contributed by atoms with Crippen LogP contribution < -0.4 is 5.32 Å². The van der Waals surface area contributed by atoms with E-state index in [1.165, 1.54) is 18.2 Å². The van der Waals surface area contributed by atoms with Crippen LogP contribution in [-0.2, 0) is 25.3 Å². The van der Waals surface area contributed by atoms with Crippen LogP contribution in [0.25, 0.3) is 0 Å². The maximum absolute atomic E-state index is 14.2. The normalized spacial score (nSPS) is 22.6. The van der Waals surface area contributed by atoms with Gasteiger partial charge in [-0.1, -0.05) is 38.9 Å². The number of carbonyl (C=O) groups excluding carboxylic acids is 1. The second-order valence-corrected chi connectivity index (χ2v) is 11.3. The van der Waals surface area contributed by atoms with E-state index in [1.54, 1.807) is 6.92 Å². The third-order valence-electron chi connectivity index (χ3n) is 5.93. The molecular formula is C22H19Cl2F4N3O5S. The molecule has 1 saturated heterocycles. The highest BCUT2D eigenvalue weighted by molar-refractivity contribution is 7.88. The lowest BCUT2D eigenvalue weighted by molar-refractivity contribution is -0.275. The molecule has 8 nitrogen and oxygen atoms in total. The number of amides is 1. The Balaban J connectivity index is 1.54. The summed E-state index contributed by atoms with van der Waals surface area (Å²) in [5.74, 6) is -1.57. The van der Waals surface area contributed by atoms with Crippen molar-refractivity contribution in [2.24, 2.45) is 5.16 Å². The van der Waals surface area contributed by atoms with Crippen molar-refractivity contribution in [1.29, 1.82) is 0 Å². The number of hydrogen-bond acceptors (Lipinski definition) is 6. The Morgan fingerprint density at radius 2 is 1.86 bits per heavy atom. The zero-order valence-corrected chi connectivity index (χ0v) is 21.5. The molecule has 37 heavy (non-hydrogen) atoms. The zero-order valence-electron chi connectivity index (χ0n) is 19.2. The Morgan fingerprint density at radius 3 is 2.41 bits per heavy atom. The lowest BCUT2D eigenvalue weighted by atomic mass is 9.86. The smallest absolute Gasteiger partial charge is 0.374 e. The van der Waals surface area contributed by atoms with E-state index in [2.05, 4.69) is 10.5 Å². The number of hydrogen-bond donors (Lipinski definition) is 1. The summed E-state index contributed by atoms with van der Waals surface area (Å²) >= 11 is 11.4.